The SMILES string of the molecule is CCc1ccc(CCC(=O)NC[C@H](O)c2ccncc2)cc1. The van der Waals surface area contributed by atoms with E-state index < -0.39 is 6.10 Å². The highest BCUT2D eigenvalue weighted by atomic mass is 16.3. The highest BCUT2D eigenvalue weighted by molar-refractivity contribution is 5.76. The van der Waals surface area contributed by atoms with Gasteiger partial charge in [0.25, 0.3) is 0 Å². The molecule has 0 aliphatic heterocycles. The number of pyridine rings is 1. The Hall–Kier alpha value is -2.20. The molecule has 1 aromatic heterocycles. The monoisotopic (exact) mass is 298 g/mol. The summed E-state index contributed by atoms with van der Waals surface area (Å²) in [6.45, 7) is 2.34. The molecule has 4 nitrogen and oxygen atoms in total. The fourth-order valence-corrected chi connectivity index (χ4v) is 2.20. The third kappa shape index (κ3) is 4.97. The Kier molecular flexibility index (Phi) is 6.10. The molecule has 2 N–H and O–H groups in total. The summed E-state index contributed by atoms with van der Waals surface area (Å²) in [6, 6.07) is 11.8. The van der Waals surface area contributed by atoms with E-state index in [4.69, 9.17) is 0 Å². The number of nitrogens with one attached hydrogen (secondary N) is 1. The van der Waals surface area contributed by atoms with Crippen LogP contribution in [-0.2, 0) is 17.6 Å². The second kappa shape index (κ2) is 8.29. The molecule has 1 aromatic carbocycles. The number of hydrogen-bond acceptors (Lipinski definition) is 3. The van der Waals surface area contributed by atoms with Gasteiger partial charge in [0.05, 0.1) is 6.10 Å². The molecule has 22 heavy (non-hydrogen) atoms. The van der Waals surface area contributed by atoms with Crippen molar-refractivity contribution in [1.82, 2.24) is 10.3 Å². The van der Waals surface area contributed by atoms with E-state index in [-0.39, 0.29) is 12.5 Å². The molecular weight excluding hydrogens is 276 g/mol. The second-order valence-electron chi connectivity index (χ2n) is 5.27. The summed E-state index contributed by atoms with van der Waals surface area (Å²) in [5, 5.41) is 12.7. The summed E-state index contributed by atoms with van der Waals surface area (Å²) in [5.74, 6) is -0.0484. The minimum absolute atomic E-state index is 0.0484. The molecule has 0 bridgehead atoms. The van der Waals surface area contributed by atoms with Gasteiger partial charge in [0, 0.05) is 25.4 Å². The number of hydrogen-bond donors (Lipinski definition) is 2. The van der Waals surface area contributed by atoms with E-state index in [0.29, 0.717) is 12.8 Å². The minimum Gasteiger partial charge on any atom is -0.387 e. The number of aliphatic hydroxyl groups excluding tert-OH is 1. The van der Waals surface area contributed by atoms with Crippen molar-refractivity contribution in [1.29, 1.82) is 0 Å². The summed E-state index contributed by atoms with van der Waals surface area (Å²) in [6.07, 6.45) is 4.71. The molecule has 0 aliphatic carbocycles. The molecule has 1 atom stereocenters. The third-order valence-electron chi connectivity index (χ3n) is 3.66. The molecular formula is C18H22N2O2. The first kappa shape index (κ1) is 16.2. The van der Waals surface area contributed by atoms with Crippen molar-refractivity contribution in [2.75, 3.05) is 6.54 Å². The highest BCUT2D eigenvalue weighted by Gasteiger charge is 2.09. The first-order valence-corrected chi connectivity index (χ1v) is 7.61. The Morgan fingerprint density at radius 3 is 2.41 bits per heavy atom. The molecule has 0 unspecified atom stereocenters. The third-order valence-corrected chi connectivity index (χ3v) is 3.66. The minimum atomic E-state index is -0.698. The molecule has 0 radical (unpaired) electrons. The Morgan fingerprint density at radius 2 is 1.77 bits per heavy atom. The van der Waals surface area contributed by atoms with Gasteiger partial charge in [-0.15, -0.1) is 0 Å². The van der Waals surface area contributed by atoms with Gasteiger partial charge in [-0.2, -0.15) is 0 Å². The van der Waals surface area contributed by atoms with E-state index in [1.54, 1.807) is 24.5 Å². The Balaban J connectivity index is 1.73. The van der Waals surface area contributed by atoms with Crippen molar-refractivity contribution < 1.29 is 9.90 Å². The topological polar surface area (TPSA) is 62.2 Å². The van der Waals surface area contributed by atoms with Gasteiger partial charge >= 0.3 is 0 Å². The Morgan fingerprint density at radius 1 is 1.14 bits per heavy atom. The summed E-state index contributed by atoms with van der Waals surface area (Å²) < 4.78 is 0. The Bertz CT molecular complexity index is 582. The van der Waals surface area contributed by atoms with Crippen LogP contribution >= 0.6 is 0 Å². The maximum absolute atomic E-state index is 11.8. The van der Waals surface area contributed by atoms with Crippen molar-refractivity contribution in [3.8, 4) is 0 Å². The van der Waals surface area contributed by atoms with Gasteiger partial charge in [0.15, 0.2) is 0 Å². The van der Waals surface area contributed by atoms with Gasteiger partial charge in [-0.05, 0) is 41.7 Å². The second-order valence-corrected chi connectivity index (χ2v) is 5.27. The van der Waals surface area contributed by atoms with Crippen LogP contribution in [0, 0.1) is 0 Å². The molecule has 116 valence electrons. The molecule has 0 saturated heterocycles. The maximum Gasteiger partial charge on any atom is 0.220 e. The van der Waals surface area contributed by atoms with E-state index in [9.17, 15) is 9.90 Å². The molecule has 0 fully saturated rings. The van der Waals surface area contributed by atoms with Crippen LogP contribution in [0.3, 0.4) is 0 Å². The van der Waals surface area contributed by atoms with Crippen LogP contribution in [-0.4, -0.2) is 22.5 Å². The highest BCUT2D eigenvalue weighted by Crippen LogP contribution is 2.10. The lowest BCUT2D eigenvalue weighted by atomic mass is 10.1. The van der Waals surface area contributed by atoms with Crippen LogP contribution in [0.4, 0.5) is 0 Å². The molecule has 0 saturated carbocycles. The van der Waals surface area contributed by atoms with Crippen LogP contribution < -0.4 is 5.32 Å². The van der Waals surface area contributed by atoms with Crippen LogP contribution in [0.2, 0.25) is 0 Å². The van der Waals surface area contributed by atoms with E-state index in [1.165, 1.54) is 5.56 Å². The van der Waals surface area contributed by atoms with Gasteiger partial charge in [0.2, 0.25) is 5.91 Å². The van der Waals surface area contributed by atoms with Crippen LogP contribution in [0.25, 0.3) is 0 Å². The van der Waals surface area contributed by atoms with Gasteiger partial charge in [-0.1, -0.05) is 31.2 Å². The lowest BCUT2D eigenvalue weighted by molar-refractivity contribution is -0.121. The Labute approximate surface area is 131 Å². The van der Waals surface area contributed by atoms with E-state index in [1.807, 2.05) is 0 Å². The molecule has 2 rings (SSSR count). The summed E-state index contributed by atoms with van der Waals surface area (Å²) in [7, 11) is 0. The smallest absolute Gasteiger partial charge is 0.220 e. The number of carbonyl (C=O) groups excluding carboxylic acids is 1. The standard InChI is InChI=1S/C18H22N2O2/c1-2-14-3-5-15(6-4-14)7-8-18(22)20-13-17(21)16-9-11-19-12-10-16/h3-6,9-12,17,21H,2,7-8,13H2,1H3,(H,20,22)/t17-/m0/s1. The fourth-order valence-electron chi connectivity index (χ4n) is 2.20. The van der Waals surface area contributed by atoms with E-state index in [0.717, 1.165) is 17.5 Å². The number of rotatable bonds is 7. The van der Waals surface area contributed by atoms with Gasteiger partial charge in [0.1, 0.15) is 0 Å². The zero-order chi connectivity index (χ0) is 15.8. The molecule has 2 aromatic rings. The molecule has 0 aliphatic rings. The zero-order valence-electron chi connectivity index (χ0n) is 12.8. The number of benzene rings is 1. The van der Waals surface area contributed by atoms with Crippen molar-refractivity contribution in [2.45, 2.75) is 32.3 Å². The molecule has 1 amide bonds. The lowest BCUT2D eigenvalue weighted by Gasteiger charge is -2.12. The van der Waals surface area contributed by atoms with Gasteiger partial charge < -0.3 is 10.4 Å². The molecule has 4 heteroatoms. The van der Waals surface area contributed by atoms with Crippen LogP contribution in [0.15, 0.2) is 48.8 Å². The van der Waals surface area contributed by atoms with Crippen molar-refractivity contribution in [3.63, 3.8) is 0 Å². The van der Waals surface area contributed by atoms with Gasteiger partial charge in [-0.3, -0.25) is 9.78 Å². The maximum atomic E-state index is 11.8. The number of amides is 1. The predicted molar refractivity (Wildman–Crippen MR) is 86.3 cm³/mol. The zero-order valence-corrected chi connectivity index (χ0v) is 12.8. The average molecular weight is 298 g/mol. The fraction of sp³-hybridized carbons (Fsp3) is 0.333. The van der Waals surface area contributed by atoms with E-state index in [2.05, 4.69) is 41.5 Å². The van der Waals surface area contributed by atoms with Gasteiger partial charge in [-0.25, -0.2) is 0 Å². The van der Waals surface area contributed by atoms with Crippen molar-refractivity contribution >= 4 is 5.91 Å². The molecule has 0 spiro atoms. The average Bonchev–Trinajstić information content (AvgIpc) is 2.59. The number of nitrogens with zero attached hydrogens (tertiary/aromatic N) is 1. The number of aryl methyl sites for hydroxylation is 2. The number of aromatic nitrogens is 1. The normalized spacial score (nSPS) is 11.9. The first-order valence-electron chi connectivity index (χ1n) is 7.61. The summed E-state index contributed by atoms with van der Waals surface area (Å²) in [5.41, 5.74) is 3.21. The van der Waals surface area contributed by atoms with Crippen molar-refractivity contribution in [3.05, 3.63) is 65.5 Å². The van der Waals surface area contributed by atoms with E-state index >= 15 is 0 Å². The number of aliphatic hydroxyl groups is 1. The summed E-state index contributed by atoms with van der Waals surface area (Å²) >= 11 is 0. The largest absolute Gasteiger partial charge is 0.387 e. The predicted octanol–water partition coefficient (Wildman–Crippen LogP) is 2.43. The van der Waals surface area contributed by atoms with Crippen LogP contribution in [0.5, 0.6) is 0 Å². The van der Waals surface area contributed by atoms with Crippen LogP contribution in [0.1, 0.15) is 36.1 Å². The first-order chi connectivity index (χ1) is 10.7. The quantitative estimate of drug-likeness (QED) is 0.825. The number of carbonyl (C=O) groups is 1. The van der Waals surface area contributed by atoms with Crippen molar-refractivity contribution in [2.24, 2.45) is 0 Å². The lowest BCUT2D eigenvalue weighted by Crippen LogP contribution is -2.28. The molecule has 1 heterocycles. The summed E-state index contributed by atoms with van der Waals surface area (Å²) in [4.78, 5) is 15.7.